The highest BCUT2D eigenvalue weighted by molar-refractivity contribution is 5.71. The minimum Gasteiger partial charge on any atom is -0.462 e. The normalized spacial score (nSPS) is 12.0. The Bertz CT molecular complexity index is 1040. The van der Waals surface area contributed by atoms with Gasteiger partial charge in [0.25, 0.3) is 0 Å². The van der Waals surface area contributed by atoms with E-state index in [0.29, 0.717) is 19.3 Å². The van der Waals surface area contributed by atoms with Crippen LogP contribution in [0.1, 0.15) is 362 Å². The van der Waals surface area contributed by atoms with Gasteiger partial charge in [-0.05, 0) is 25.2 Å². The van der Waals surface area contributed by atoms with Crippen LogP contribution in [0.3, 0.4) is 0 Å². The predicted molar refractivity (Wildman–Crippen MR) is 298 cm³/mol. The lowest BCUT2D eigenvalue weighted by Crippen LogP contribution is -2.30. The number of unbranched alkanes of at least 4 members (excludes halogenated alkanes) is 45. The maximum absolute atomic E-state index is 12.9. The van der Waals surface area contributed by atoms with E-state index in [1.54, 1.807) is 0 Å². The summed E-state index contributed by atoms with van der Waals surface area (Å²) < 4.78 is 17.0. The van der Waals surface area contributed by atoms with Gasteiger partial charge in [0.05, 0.1) is 0 Å². The Morgan fingerprint density at radius 3 is 0.710 bits per heavy atom. The fourth-order valence-electron chi connectivity index (χ4n) is 9.81. The molecule has 0 aliphatic rings. The van der Waals surface area contributed by atoms with Crippen molar-refractivity contribution in [2.75, 3.05) is 13.2 Å². The maximum atomic E-state index is 12.9. The fourth-order valence-corrected chi connectivity index (χ4v) is 9.81. The van der Waals surface area contributed by atoms with Crippen molar-refractivity contribution in [2.45, 2.75) is 368 Å². The summed E-state index contributed by atoms with van der Waals surface area (Å²) in [5.74, 6) is 0.0109. The maximum Gasteiger partial charge on any atom is 0.306 e. The van der Waals surface area contributed by atoms with Crippen LogP contribution in [0.4, 0.5) is 0 Å². The van der Waals surface area contributed by atoms with Crippen LogP contribution in [0.15, 0.2) is 0 Å². The van der Waals surface area contributed by atoms with Gasteiger partial charge in [0, 0.05) is 19.3 Å². The first-order valence-electron chi connectivity index (χ1n) is 31.4. The van der Waals surface area contributed by atoms with Crippen molar-refractivity contribution in [3.8, 4) is 0 Å². The largest absolute Gasteiger partial charge is 0.462 e. The van der Waals surface area contributed by atoms with Crippen molar-refractivity contribution in [3.05, 3.63) is 0 Å². The highest BCUT2D eigenvalue weighted by atomic mass is 16.6. The first-order valence-corrected chi connectivity index (χ1v) is 31.4. The van der Waals surface area contributed by atoms with Crippen LogP contribution >= 0.6 is 0 Å². The molecule has 0 N–H and O–H groups in total. The van der Waals surface area contributed by atoms with Gasteiger partial charge in [-0.2, -0.15) is 0 Å². The molecule has 0 rings (SSSR count). The Labute approximate surface area is 431 Å². The van der Waals surface area contributed by atoms with Gasteiger partial charge in [-0.25, -0.2) is 0 Å². The van der Waals surface area contributed by atoms with E-state index in [-0.39, 0.29) is 31.1 Å². The summed E-state index contributed by atoms with van der Waals surface area (Å²) >= 11 is 0. The monoisotopic (exact) mass is 975 g/mol. The quantitative estimate of drug-likeness (QED) is 0.0343. The molecule has 6 nitrogen and oxygen atoms in total. The van der Waals surface area contributed by atoms with Crippen LogP contribution in [0, 0.1) is 5.92 Å². The molecule has 0 saturated heterocycles. The third kappa shape index (κ3) is 57.2. The third-order valence-electron chi connectivity index (χ3n) is 14.5. The van der Waals surface area contributed by atoms with Gasteiger partial charge in [0.15, 0.2) is 6.10 Å². The lowest BCUT2D eigenvalue weighted by atomic mass is 10.0. The lowest BCUT2D eigenvalue weighted by molar-refractivity contribution is -0.167. The van der Waals surface area contributed by atoms with Crippen LogP contribution < -0.4 is 0 Å². The number of carbonyl (C=O) groups is 3. The van der Waals surface area contributed by atoms with E-state index >= 15 is 0 Å². The SMILES string of the molecule is CCCCCCCCCCCCCCCCCCCCC(=O)O[C@@H](COC(=O)CCCCCCCCCCCCCCCCCCC)COC(=O)CCCCCCCCCCCCCCCC(C)C. The van der Waals surface area contributed by atoms with Gasteiger partial charge in [0.2, 0.25) is 0 Å². The van der Waals surface area contributed by atoms with Gasteiger partial charge in [-0.3, -0.25) is 14.4 Å². The zero-order valence-electron chi connectivity index (χ0n) is 47.3. The Kier molecular flexibility index (Phi) is 56.0. The topological polar surface area (TPSA) is 78.9 Å². The molecule has 6 heteroatoms. The molecule has 0 aromatic rings. The van der Waals surface area contributed by atoms with Gasteiger partial charge in [0.1, 0.15) is 13.2 Å². The molecular formula is C63H122O6. The molecule has 0 aliphatic heterocycles. The Morgan fingerprint density at radius 1 is 0.275 bits per heavy atom. The van der Waals surface area contributed by atoms with Crippen molar-refractivity contribution >= 4 is 17.9 Å². The molecule has 0 amide bonds. The molecule has 410 valence electrons. The van der Waals surface area contributed by atoms with E-state index < -0.39 is 6.10 Å². The molecule has 1 atom stereocenters. The van der Waals surface area contributed by atoms with E-state index in [4.69, 9.17) is 14.2 Å². The van der Waals surface area contributed by atoms with E-state index in [0.717, 1.165) is 63.7 Å². The Balaban J connectivity index is 4.29. The summed E-state index contributed by atoms with van der Waals surface area (Å²) in [6.07, 6.45) is 63.8. The first-order chi connectivity index (χ1) is 33.9. The third-order valence-corrected chi connectivity index (χ3v) is 14.5. The number of ether oxygens (including phenoxy) is 3. The first kappa shape index (κ1) is 67.4. The number of carbonyl (C=O) groups excluding carboxylic acids is 3. The van der Waals surface area contributed by atoms with Crippen molar-refractivity contribution in [3.63, 3.8) is 0 Å². The average Bonchev–Trinajstić information content (AvgIpc) is 3.34. The summed E-state index contributed by atoms with van der Waals surface area (Å²) in [4.78, 5) is 38.3. The standard InChI is InChI=1S/C63H122O6/c1-5-7-9-11-13-15-17-19-21-23-25-27-31-36-40-44-48-52-56-63(66)69-60(58-68-62(65)55-51-47-43-39-35-32-28-29-33-37-41-45-49-53-59(3)4)57-67-61(64)54-50-46-42-38-34-30-26-24-22-20-18-16-14-12-10-8-6-2/h59-60H,5-58H2,1-4H3/t60-/m0/s1. The molecular weight excluding hydrogens is 853 g/mol. The average molecular weight is 976 g/mol. The van der Waals surface area contributed by atoms with E-state index in [2.05, 4.69) is 27.7 Å². The molecule has 0 spiro atoms. The van der Waals surface area contributed by atoms with Crippen LogP contribution in [-0.4, -0.2) is 37.2 Å². The summed E-state index contributed by atoms with van der Waals surface area (Å²) in [5, 5.41) is 0. The fraction of sp³-hybridized carbons (Fsp3) is 0.952. The number of rotatable bonds is 58. The summed E-state index contributed by atoms with van der Waals surface area (Å²) in [5.41, 5.74) is 0. The van der Waals surface area contributed by atoms with E-state index in [1.165, 1.54) is 257 Å². The van der Waals surface area contributed by atoms with Gasteiger partial charge >= 0.3 is 17.9 Å². The second kappa shape index (κ2) is 57.3. The second-order valence-electron chi connectivity index (χ2n) is 22.2. The molecule has 0 saturated carbocycles. The predicted octanol–water partition coefficient (Wildman–Crippen LogP) is 21.0. The smallest absolute Gasteiger partial charge is 0.306 e. The molecule has 0 aromatic carbocycles. The van der Waals surface area contributed by atoms with Gasteiger partial charge < -0.3 is 14.2 Å². The molecule has 0 heterocycles. The van der Waals surface area contributed by atoms with Crippen molar-refractivity contribution in [1.29, 1.82) is 0 Å². The Hall–Kier alpha value is -1.59. The minimum absolute atomic E-state index is 0.0613. The van der Waals surface area contributed by atoms with Crippen LogP contribution in [0.25, 0.3) is 0 Å². The molecule has 0 unspecified atom stereocenters. The van der Waals surface area contributed by atoms with Crippen LogP contribution in [-0.2, 0) is 28.6 Å². The van der Waals surface area contributed by atoms with Crippen LogP contribution in [0.2, 0.25) is 0 Å². The second-order valence-corrected chi connectivity index (χ2v) is 22.2. The highest BCUT2D eigenvalue weighted by Crippen LogP contribution is 2.19. The number of esters is 3. The van der Waals surface area contributed by atoms with E-state index in [1.807, 2.05) is 0 Å². The van der Waals surface area contributed by atoms with E-state index in [9.17, 15) is 14.4 Å². The molecule has 0 aliphatic carbocycles. The molecule has 0 radical (unpaired) electrons. The summed E-state index contributed by atoms with van der Waals surface area (Å²) in [7, 11) is 0. The zero-order chi connectivity index (χ0) is 50.2. The number of hydrogen-bond donors (Lipinski definition) is 0. The molecule has 69 heavy (non-hydrogen) atoms. The van der Waals surface area contributed by atoms with Gasteiger partial charge in [-0.1, -0.05) is 323 Å². The molecule has 0 bridgehead atoms. The van der Waals surface area contributed by atoms with Crippen molar-refractivity contribution < 1.29 is 28.6 Å². The van der Waals surface area contributed by atoms with Crippen molar-refractivity contribution in [2.24, 2.45) is 5.92 Å². The highest BCUT2D eigenvalue weighted by Gasteiger charge is 2.19. The Morgan fingerprint density at radius 2 is 0.478 bits per heavy atom. The summed E-state index contributed by atoms with van der Waals surface area (Å²) in [6.45, 7) is 9.08. The van der Waals surface area contributed by atoms with Gasteiger partial charge in [-0.15, -0.1) is 0 Å². The van der Waals surface area contributed by atoms with Crippen molar-refractivity contribution in [1.82, 2.24) is 0 Å². The molecule has 0 fully saturated rings. The molecule has 0 aromatic heterocycles. The number of hydrogen-bond acceptors (Lipinski definition) is 6. The minimum atomic E-state index is -0.763. The summed E-state index contributed by atoms with van der Waals surface area (Å²) in [6, 6.07) is 0. The lowest BCUT2D eigenvalue weighted by Gasteiger charge is -2.18. The zero-order valence-corrected chi connectivity index (χ0v) is 47.3. The van der Waals surface area contributed by atoms with Crippen LogP contribution in [0.5, 0.6) is 0 Å².